The molecule has 1 saturated heterocycles. The lowest BCUT2D eigenvalue weighted by Crippen LogP contribution is -2.30. The summed E-state index contributed by atoms with van der Waals surface area (Å²) in [5.74, 6) is 0.660. The van der Waals surface area contributed by atoms with Crippen LogP contribution in [0, 0.1) is 16.0 Å². The van der Waals surface area contributed by atoms with Crippen molar-refractivity contribution in [3.63, 3.8) is 0 Å². The second kappa shape index (κ2) is 6.73. The average Bonchev–Trinajstić information content (AvgIpc) is 2.41. The van der Waals surface area contributed by atoms with Crippen molar-refractivity contribution >= 4 is 23.0 Å². The number of nitrogens with zero attached hydrogens (tertiary/aromatic N) is 1. The van der Waals surface area contributed by atoms with Crippen LogP contribution in [0.2, 0.25) is 5.02 Å². The van der Waals surface area contributed by atoms with Crippen LogP contribution in [0.1, 0.15) is 19.3 Å². The van der Waals surface area contributed by atoms with Crippen molar-refractivity contribution in [1.82, 2.24) is 5.32 Å². The lowest BCUT2D eigenvalue weighted by atomic mass is 9.96. The van der Waals surface area contributed by atoms with Gasteiger partial charge in [-0.05, 0) is 50.4 Å². The number of halogens is 1. The van der Waals surface area contributed by atoms with Crippen LogP contribution < -0.4 is 10.6 Å². The normalized spacial score (nSPS) is 19.1. The Bertz CT molecular complexity index is 448. The zero-order chi connectivity index (χ0) is 13.7. The van der Waals surface area contributed by atoms with E-state index in [9.17, 15) is 10.1 Å². The SMILES string of the molecule is O=[N+]([O-])c1cc(Cl)ccc1NCCC1CCCNC1. The monoisotopic (exact) mass is 283 g/mol. The molecule has 19 heavy (non-hydrogen) atoms. The molecule has 2 N–H and O–H groups in total. The first-order valence-corrected chi connectivity index (χ1v) is 6.93. The van der Waals surface area contributed by atoms with Gasteiger partial charge >= 0.3 is 0 Å². The highest BCUT2D eigenvalue weighted by atomic mass is 35.5. The van der Waals surface area contributed by atoms with Crippen LogP contribution >= 0.6 is 11.6 Å². The summed E-state index contributed by atoms with van der Waals surface area (Å²) in [6.07, 6.45) is 3.47. The molecule has 1 aliphatic heterocycles. The van der Waals surface area contributed by atoms with E-state index in [0.717, 1.165) is 26.1 Å². The second-order valence-electron chi connectivity index (χ2n) is 4.85. The summed E-state index contributed by atoms with van der Waals surface area (Å²) in [7, 11) is 0. The minimum absolute atomic E-state index is 0.0364. The molecule has 1 unspecified atom stereocenters. The summed E-state index contributed by atoms with van der Waals surface area (Å²) in [6, 6.07) is 4.71. The Morgan fingerprint density at radius 2 is 2.37 bits per heavy atom. The summed E-state index contributed by atoms with van der Waals surface area (Å²) < 4.78 is 0. The van der Waals surface area contributed by atoms with Crippen LogP contribution in [0.4, 0.5) is 11.4 Å². The molecule has 0 aromatic heterocycles. The van der Waals surface area contributed by atoms with Crippen LogP contribution in [-0.4, -0.2) is 24.6 Å². The molecule has 2 rings (SSSR count). The van der Waals surface area contributed by atoms with Crippen LogP contribution in [0.15, 0.2) is 18.2 Å². The summed E-state index contributed by atoms with van der Waals surface area (Å²) in [6.45, 7) is 2.89. The van der Waals surface area contributed by atoms with Crippen molar-refractivity contribution in [2.24, 2.45) is 5.92 Å². The highest BCUT2D eigenvalue weighted by Crippen LogP contribution is 2.28. The van der Waals surface area contributed by atoms with Crippen molar-refractivity contribution in [2.45, 2.75) is 19.3 Å². The van der Waals surface area contributed by atoms with Gasteiger partial charge in [0, 0.05) is 17.6 Å². The lowest BCUT2D eigenvalue weighted by Gasteiger charge is -2.22. The fraction of sp³-hybridized carbons (Fsp3) is 0.538. The quantitative estimate of drug-likeness (QED) is 0.644. The van der Waals surface area contributed by atoms with Crippen molar-refractivity contribution in [3.05, 3.63) is 33.3 Å². The highest BCUT2D eigenvalue weighted by molar-refractivity contribution is 6.30. The first-order valence-electron chi connectivity index (χ1n) is 6.55. The zero-order valence-electron chi connectivity index (χ0n) is 10.7. The number of nitro groups is 1. The fourth-order valence-electron chi connectivity index (χ4n) is 2.39. The van der Waals surface area contributed by atoms with E-state index in [2.05, 4.69) is 10.6 Å². The lowest BCUT2D eigenvalue weighted by molar-refractivity contribution is -0.383. The van der Waals surface area contributed by atoms with Gasteiger partial charge in [-0.1, -0.05) is 11.6 Å². The molecule has 6 heteroatoms. The highest BCUT2D eigenvalue weighted by Gasteiger charge is 2.15. The first kappa shape index (κ1) is 14.1. The molecular formula is C13H18ClN3O2. The number of rotatable bonds is 5. The third kappa shape index (κ3) is 4.08. The molecule has 1 heterocycles. The van der Waals surface area contributed by atoms with E-state index in [4.69, 9.17) is 11.6 Å². The summed E-state index contributed by atoms with van der Waals surface area (Å²) >= 11 is 5.78. The van der Waals surface area contributed by atoms with Crippen molar-refractivity contribution < 1.29 is 4.92 Å². The van der Waals surface area contributed by atoms with Crippen molar-refractivity contribution in [3.8, 4) is 0 Å². The number of piperidine rings is 1. The predicted octanol–water partition coefficient (Wildman–Crippen LogP) is 3.05. The molecule has 0 bridgehead atoms. The smallest absolute Gasteiger partial charge is 0.293 e. The maximum absolute atomic E-state index is 10.9. The van der Waals surface area contributed by atoms with E-state index in [1.54, 1.807) is 12.1 Å². The van der Waals surface area contributed by atoms with E-state index >= 15 is 0 Å². The molecule has 104 valence electrons. The first-order chi connectivity index (χ1) is 9.16. The van der Waals surface area contributed by atoms with Gasteiger partial charge in [0.2, 0.25) is 0 Å². The van der Waals surface area contributed by atoms with Crippen LogP contribution in [0.5, 0.6) is 0 Å². The van der Waals surface area contributed by atoms with Crippen LogP contribution in [-0.2, 0) is 0 Å². The largest absolute Gasteiger partial charge is 0.379 e. The van der Waals surface area contributed by atoms with Gasteiger partial charge in [0.1, 0.15) is 5.69 Å². The minimum atomic E-state index is -0.406. The molecular weight excluding hydrogens is 266 g/mol. The van der Waals surface area contributed by atoms with Gasteiger partial charge in [-0.3, -0.25) is 10.1 Å². The third-order valence-electron chi connectivity index (χ3n) is 3.42. The third-order valence-corrected chi connectivity index (χ3v) is 3.66. The van der Waals surface area contributed by atoms with Crippen molar-refractivity contribution in [2.75, 3.05) is 25.0 Å². The van der Waals surface area contributed by atoms with E-state index in [1.807, 2.05) is 0 Å². The van der Waals surface area contributed by atoms with E-state index in [1.165, 1.54) is 18.9 Å². The van der Waals surface area contributed by atoms with Crippen LogP contribution in [0.25, 0.3) is 0 Å². The van der Waals surface area contributed by atoms with E-state index in [0.29, 0.717) is 16.6 Å². The van der Waals surface area contributed by atoms with Gasteiger partial charge < -0.3 is 10.6 Å². The topological polar surface area (TPSA) is 67.2 Å². The molecule has 1 aliphatic rings. The molecule has 0 spiro atoms. The number of hydrogen-bond acceptors (Lipinski definition) is 4. The van der Waals surface area contributed by atoms with Gasteiger partial charge in [-0.25, -0.2) is 0 Å². The molecule has 1 aromatic carbocycles. The van der Waals surface area contributed by atoms with Gasteiger partial charge in [-0.2, -0.15) is 0 Å². The summed E-state index contributed by atoms with van der Waals surface area (Å²) in [4.78, 5) is 10.5. The minimum Gasteiger partial charge on any atom is -0.379 e. The number of nitro benzene ring substituents is 1. The Morgan fingerprint density at radius 3 is 3.05 bits per heavy atom. The second-order valence-corrected chi connectivity index (χ2v) is 5.28. The molecule has 1 atom stereocenters. The molecule has 0 amide bonds. The molecule has 0 radical (unpaired) electrons. The van der Waals surface area contributed by atoms with Crippen molar-refractivity contribution in [1.29, 1.82) is 0 Å². The average molecular weight is 284 g/mol. The Hall–Kier alpha value is -1.33. The van der Waals surface area contributed by atoms with E-state index < -0.39 is 4.92 Å². The Labute approximate surface area is 117 Å². The zero-order valence-corrected chi connectivity index (χ0v) is 11.4. The Balaban J connectivity index is 1.89. The molecule has 1 aromatic rings. The number of nitrogens with one attached hydrogen (secondary N) is 2. The summed E-state index contributed by atoms with van der Waals surface area (Å²) in [5.41, 5.74) is 0.576. The molecule has 5 nitrogen and oxygen atoms in total. The number of hydrogen-bond donors (Lipinski definition) is 2. The van der Waals surface area contributed by atoms with Gasteiger partial charge in [-0.15, -0.1) is 0 Å². The molecule has 0 saturated carbocycles. The van der Waals surface area contributed by atoms with Gasteiger partial charge in [0.25, 0.3) is 5.69 Å². The molecule has 1 fully saturated rings. The maximum atomic E-state index is 10.9. The van der Waals surface area contributed by atoms with E-state index in [-0.39, 0.29) is 5.69 Å². The maximum Gasteiger partial charge on any atom is 0.293 e. The molecule has 0 aliphatic carbocycles. The summed E-state index contributed by atoms with van der Waals surface area (Å²) in [5, 5.41) is 17.8. The van der Waals surface area contributed by atoms with Gasteiger partial charge in [0.15, 0.2) is 0 Å². The van der Waals surface area contributed by atoms with Crippen LogP contribution in [0.3, 0.4) is 0 Å². The Kier molecular flexibility index (Phi) is 4.99. The Morgan fingerprint density at radius 1 is 1.53 bits per heavy atom. The predicted molar refractivity (Wildman–Crippen MR) is 76.8 cm³/mol. The van der Waals surface area contributed by atoms with Gasteiger partial charge in [0.05, 0.1) is 4.92 Å². The number of anilines is 1. The number of benzene rings is 1. The fourth-order valence-corrected chi connectivity index (χ4v) is 2.55. The standard InChI is InChI=1S/C13H18ClN3O2/c14-11-3-4-12(13(8-11)17(18)19)16-7-5-10-2-1-6-15-9-10/h3-4,8,10,15-16H,1-2,5-7,9H2.